The highest BCUT2D eigenvalue weighted by Gasteiger charge is 2.09. The number of thiazole rings is 1. The quantitative estimate of drug-likeness (QED) is 0.601. The van der Waals surface area contributed by atoms with Crippen LogP contribution in [0.25, 0.3) is 10.2 Å². The highest BCUT2D eigenvalue weighted by Crippen LogP contribution is 2.25. The maximum Gasteiger partial charge on any atom is 0.321 e. The normalized spacial score (nSPS) is 10.5. The molecule has 3 amide bonds. The molecule has 0 saturated carbocycles. The number of rotatable bonds is 5. The fraction of sp³-hybridized carbons (Fsp3) is 0.167. The number of carbonyl (C=O) groups is 2. The molecule has 26 heavy (non-hydrogen) atoms. The summed E-state index contributed by atoms with van der Waals surface area (Å²) in [6.07, 6.45) is 0. The first-order chi connectivity index (χ1) is 12.5. The molecule has 134 valence electrons. The molecule has 3 N–H and O–H groups in total. The van der Waals surface area contributed by atoms with Gasteiger partial charge in [0.25, 0.3) is 5.91 Å². The van der Waals surface area contributed by atoms with Gasteiger partial charge in [0.2, 0.25) is 0 Å². The molecule has 0 atom stereocenters. The monoisotopic (exact) mass is 372 g/mol. The Morgan fingerprint density at radius 1 is 1.12 bits per heavy atom. The van der Waals surface area contributed by atoms with E-state index in [2.05, 4.69) is 20.9 Å². The standard InChI is InChI=1S/C18H17FN4O2S/c1-11-6-7-12(10-13(11)19)16(24)20-8-9-21-17(25)23-18-22-14-4-2-3-5-15(14)26-18/h2-7,10H,8-9H2,1H3,(H,20,24)(H2,21,22,23,25). The Morgan fingerprint density at radius 3 is 2.65 bits per heavy atom. The first-order valence-electron chi connectivity index (χ1n) is 7.98. The number of aryl methyl sites for hydroxylation is 1. The number of amides is 3. The maximum absolute atomic E-state index is 13.5. The van der Waals surface area contributed by atoms with Crippen molar-refractivity contribution in [1.82, 2.24) is 15.6 Å². The van der Waals surface area contributed by atoms with Gasteiger partial charge in [0, 0.05) is 18.7 Å². The summed E-state index contributed by atoms with van der Waals surface area (Å²) < 4.78 is 14.5. The summed E-state index contributed by atoms with van der Waals surface area (Å²) in [5.74, 6) is -0.816. The zero-order valence-electron chi connectivity index (χ0n) is 14.0. The summed E-state index contributed by atoms with van der Waals surface area (Å²) in [7, 11) is 0. The summed E-state index contributed by atoms with van der Waals surface area (Å²) in [5, 5.41) is 8.42. The van der Waals surface area contributed by atoms with E-state index in [9.17, 15) is 14.0 Å². The third-order valence-corrected chi connectivity index (χ3v) is 4.60. The summed E-state index contributed by atoms with van der Waals surface area (Å²) in [5.41, 5.74) is 1.55. The Hall–Kier alpha value is -3.00. The van der Waals surface area contributed by atoms with Crippen LogP contribution in [0.1, 0.15) is 15.9 Å². The van der Waals surface area contributed by atoms with Crippen LogP contribution in [-0.4, -0.2) is 30.0 Å². The van der Waals surface area contributed by atoms with Gasteiger partial charge in [-0.3, -0.25) is 10.1 Å². The van der Waals surface area contributed by atoms with Gasteiger partial charge in [-0.1, -0.05) is 29.5 Å². The van der Waals surface area contributed by atoms with E-state index in [1.165, 1.54) is 17.4 Å². The van der Waals surface area contributed by atoms with Crippen molar-refractivity contribution >= 4 is 38.6 Å². The third-order valence-electron chi connectivity index (χ3n) is 3.64. The molecule has 3 rings (SSSR count). The first-order valence-corrected chi connectivity index (χ1v) is 8.79. The van der Waals surface area contributed by atoms with E-state index in [-0.39, 0.29) is 18.7 Å². The van der Waals surface area contributed by atoms with E-state index in [0.29, 0.717) is 10.7 Å². The van der Waals surface area contributed by atoms with Crippen molar-refractivity contribution in [2.24, 2.45) is 0 Å². The minimum Gasteiger partial charge on any atom is -0.350 e. The maximum atomic E-state index is 13.5. The second kappa shape index (κ2) is 7.92. The van der Waals surface area contributed by atoms with Gasteiger partial charge in [0.05, 0.1) is 10.2 Å². The fourth-order valence-electron chi connectivity index (χ4n) is 2.26. The van der Waals surface area contributed by atoms with Gasteiger partial charge in [-0.2, -0.15) is 0 Å². The summed E-state index contributed by atoms with van der Waals surface area (Å²) >= 11 is 1.38. The van der Waals surface area contributed by atoms with Crippen molar-refractivity contribution < 1.29 is 14.0 Å². The van der Waals surface area contributed by atoms with Crippen molar-refractivity contribution in [1.29, 1.82) is 0 Å². The predicted molar refractivity (Wildman–Crippen MR) is 100 cm³/mol. The Morgan fingerprint density at radius 2 is 1.88 bits per heavy atom. The van der Waals surface area contributed by atoms with Gasteiger partial charge < -0.3 is 10.6 Å². The average molecular weight is 372 g/mol. The van der Waals surface area contributed by atoms with E-state index in [1.54, 1.807) is 19.1 Å². The molecule has 1 heterocycles. The van der Waals surface area contributed by atoms with Crippen LogP contribution in [0.2, 0.25) is 0 Å². The predicted octanol–water partition coefficient (Wildman–Crippen LogP) is 3.30. The average Bonchev–Trinajstić information content (AvgIpc) is 3.03. The highest BCUT2D eigenvalue weighted by atomic mass is 32.1. The van der Waals surface area contributed by atoms with Gasteiger partial charge in [0.1, 0.15) is 5.82 Å². The van der Waals surface area contributed by atoms with Crippen LogP contribution in [0.15, 0.2) is 42.5 Å². The van der Waals surface area contributed by atoms with E-state index in [4.69, 9.17) is 0 Å². The summed E-state index contributed by atoms with van der Waals surface area (Å²) in [6, 6.07) is 11.5. The van der Waals surface area contributed by atoms with Crippen LogP contribution in [0.4, 0.5) is 14.3 Å². The molecule has 1 aromatic heterocycles. The fourth-order valence-corrected chi connectivity index (χ4v) is 3.12. The zero-order chi connectivity index (χ0) is 18.5. The van der Waals surface area contributed by atoms with Crippen LogP contribution in [0, 0.1) is 12.7 Å². The van der Waals surface area contributed by atoms with Crippen LogP contribution in [0.3, 0.4) is 0 Å². The number of nitrogens with one attached hydrogen (secondary N) is 3. The molecule has 0 fully saturated rings. The molecular weight excluding hydrogens is 355 g/mol. The number of hydrogen-bond donors (Lipinski definition) is 3. The number of benzene rings is 2. The third kappa shape index (κ3) is 4.34. The van der Waals surface area contributed by atoms with Gasteiger partial charge in [-0.15, -0.1) is 0 Å². The molecule has 0 saturated heterocycles. The molecule has 8 heteroatoms. The van der Waals surface area contributed by atoms with Gasteiger partial charge in [-0.25, -0.2) is 14.2 Å². The first kappa shape index (κ1) is 17.8. The summed E-state index contributed by atoms with van der Waals surface area (Å²) in [4.78, 5) is 28.1. The van der Waals surface area contributed by atoms with E-state index in [0.717, 1.165) is 10.2 Å². The van der Waals surface area contributed by atoms with Gasteiger partial charge in [0.15, 0.2) is 5.13 Å². The Kier molecular flexibility index (Phi) is 5.43. The minimum absolute atomic E-state index is 0.224. The van der Waals surface area contributed by atoms with Crippen molar-refractivity contribution in [2.45, 2.75) is 6.92 Å². The molecule has 0 bridgehead atoms. The Bertz CT molecular complexity index is 924. The number of hydrogen-bond acceptors (Lipinski definition) is 4. The number of urea groups is 1. The Labute approximate surface area is 153 Å². The Balaban J connectivity index is 1.43. The second-order valence-electron chi connectivity index (χ2n) is 5.59. The second-order valence-corrected chi connectivity index (χ2v) is 6.62. The number of nitrogens with zero attached hydrogens (tertiary/aromatic N) is 1. The smallest absolute Gasteiger partial charge is 0.321 e. The largest absolute Gasteiger partial charge is 0.350 e. The number of aromatic nitrogens is 1. The number of anilines is 1. The highest BCUT2D eigenvalue weighted by molar-refractivity contribution is 7.22. The van der Waals surface area contributed by atoms with E-state index in [1.807, 2.05) is 24.3 Å². The molecule has 0 aliphatic carbocycles. The molecule has 3 aromatic rings. The SMILES string of the molecule is Cc1ccc(C(=O)NCCNC(=O)Nc2nc3ccccc3s2)cc1F. The summed E-state index contributed by atoms with van der Waals surface area (Å²) in [6.45, 7) is 2.09. The minimum atomic E-state index is -0.425. The molecule has 0 spiro atoms. The lowest BCUT2D eigenvalue weighted by Gasteiger charge is -2.08. The van der Waals surface area contributed by atoms with Crippen LogP contribution < -0.4 is 16.0 Å². The van der Waals surface area contributed by atoms with E-state index >= 15 is 0 Å². The zero-order valence-corrected chi connectivity index (χ0v) is 14.8. The van der Waals surface area contributed by atoms with E-state index < -0.39 is 17.8 Å². The lowest BCUT2D eigenvalue weighted by Crippen LogP contribution is -2.36. The molecule has 0 radical (unpaired) electrons. The van der Waals surface area contributed by atoms with Crippen LogP contribution >= 0.6 is 11.3 Å². The molecular formula is C18H17FN4O2S. The van der Waals surface area contributed by atoms with Gasteiger partial charge in [-0.05, 0) is 36.8 Å². The molecule has 2 aromatic carbocycles. The number of fused-ring (bicyclic) bond motifs is 1. The van der Waals surface area contributed by atoms with Crippen LogP contribution in [0.5, 0.6) is 0 Å². The number of para-hydroxylation sites is 1. The van der Waals surface area contributed by atoms with Crippen LogP contribution in [-0.2, 0) is 0 Å². The van der Waals surface area contributed by atoms with Gasteiger partial charge >= 0.3 is 6.03 Å². The van der Waals surface area contributed by atoms with Crippen molar-refractivity contribution in [3.63, 3.8) is 0 Å². The lowest BCUT2D eigenvalue weighted by molar-refractivity contribution is 0.0953. The lowest BCUT2D eigenvalue weighted by atomic mass is 10.1. The molecule has 0 aliphatic rings. The molecule has 6 nitrogen and oxygen atoms in total. The van der Waals surface area contributed by atoms with Crippen molar-refractivity contribution in [3.8, 4) is 0 Å². The van der Waals surface area contributed by atoms with Crippen molar-refractivity contribution in [2.75, 3.05) is 18.4 Å². The molecule has 0 aliphatic heterocycles. The topological polar surface area (TPSA) is 83.1 Å². The van der Waals surface area contributed by atoms with Crippen molar-refractivity contribution in [3.05, 3.63) is 59.4 Å². The molecule has 0 unspecified atom stereocenters. The number of halogens is 1. The number of carbonyl (C=O) groups excluding carboxylic acids is 2.